The van der Waals surface area contributed by atoms with Crippen molar-refractivity contribution in [3.63, 3.8) is 0 Å². The second-order valence-electron chi connectivity index (χ2n) is 8.70. The molecule has 0 saturated carbocycles. The summed E-state index contributed by atoms with van der Waals surface area (Å²) in [6.07, 6.45) is 1.57. The highest BCUT2D eigenvalue weighted by Crippen LogP contribution is 2.29. The molecule has 0 bridgehead atoms. The predicted molar refractivity (Wildman–Crippen MR) is 156 cm³/mol. The Morgan fingerprint density at radius 3 is 2.54 bits per heavy atom. The fourth-order valence-electron chi connectivity index (χ4n) is 4.13. The van der Waals surface area contributed by atoms with Gasteiger partial charge in [0.2, 0.25) is 0 Å². The van der Waals surface area contributed by atoms with Gasteiger partial charge in [0, 0.05) is 16.0 Å². The van der Waals surface area contributed by atoms with Gasteiger partial charge in [-0.25, -0.2) is 10.4 Å². The molecule has 1 N–H and O–H groups in total. The summed E-state index contributed by atoms with van der Waals surface area (Å²) in [6.45, 7) is 2.74. The van der Waals surface area contributed by atoms with E-state index in [2.05, 4.69) is 10.5 Å². The molecule has 0 radical (unpaired) electrons. The summed E-state index contributed by atoms with van der Waals surface area (Å²) in [5.74, 6) is 0.866. The lowest BCUT2D eigenvalue weighted by Gasteiger charge is -2.13. The molecule has 1 heterocycles. The normalized spacial score (nSPS) is 11.0. The molecule has 0 saturated heterocycles. The van der Waals surface area contributed by atoms with Crippen molar-refractivity contribution in [2.45, 2.75) is 13.5 Å². The quantitative estimate of drug-likeness (QED) is 0.159. The third kappa shape index (κ3) is 6.43. The number of hydrogen-bond donors (Lipinski definition) is 1. The summed E-state index contributed by atoms with van der Waals surface area (Å²) in [5.41, 5.74) is 7.25. The Balaban J connectivity index is 1.33. The van der Waals surface area contributed by atoms with E-state index in [1.165, 1.54) is 0 Å². The van der Waals surface area contributed by atoms with Crippen LogP contribution in [0.5, 0.6) is 11.5 Å². The molecule has 7 heteroatoms. The number of nitrogens with zero attached hydrogens (tertiary/aromatic N) is 2. The number of nitrogens with one attached hydrogen (secondary N) is 1. The van der Waals surface area contributed by atoms with E-state index < -0.39 is 0 Å². The Labute approximate surface area is 231 Å². The van der Waals surface area contributed by atoms with Crippen LogP contribution in [-0.4, -0.2) is 23.7 Å². The van der Waals surface area contributed by atoms with Gasteiger partial charge in [-0.2, -0.15) is 5.10 Å². The summed E-state index contributed by atoms with van der Waals surface area (Å²) in [5, 5.41) is 5.62. The molecule has 1 amide bonds. The summed E-state index contributed by atoms with van der Waals surface area (Å²) < 4.78 is 11.8. The molecule has 0 aliphatic carbocycles. The highest BCUT2D eigenvalue weighted by atomic mass is 35.5. The van der Waals surface area contributed by atoms with Gasteiger partial charge in [0.15, 0.2) is 11.5 Å². The summed E-state index contributed by atoms with van der Waals surface area (Å²) in [4.78, 5) is 17.9. The summed E-state index contributed by atoms with van der Waals surface area (Å²) in [6, 6.07) is 32.1. The van der Waals surface area contributed by atoms with Gasteiger partial charge in [0.05, 0.1) is 29.6 Å². The van der Waals surface area contributed by atoms with E-state index in [1.54, 1.807) is 12.3 Å². The zero-order valence-electron chi connectivity index (χ0n) is 21.3. The predicted octanol–water partition coefficient (Wildman–Crippen LogP) is 7.30. The molecule has 0 unspecified atom stereocenters. The van der Waals surface area contributed by atoms with Gasteiger partial charge in [0.1, 0.15) is 6.61 Å². The number of halogens is 1. The summed E-state index contributed by atoms with van der Waals surface area (Å²) in [7, 11) is 0. The number of para-hydroxylation sites is 1. The number of rotatable bonds is 9. The molecule has 1 aromatic heterocycles. The van der Waals surface area contributed by atoms with E-state index in [9.17, 15) is 4.79 Å². The Morgan fingerprint density at radius 2 is 1.72 bits per heavy atom. The van der Waals surface area contributed by atoms with Crippen molar-refractivity contribution in [3.8, 4) is 22.8 Å². The number of benzene rings is 4. The molecule has 39 heavy (non-hydrogen) atoms. The standard InChI is InChI=1S/C32H26ClN3O3/c1-2-38-31-18-22(15-16-30(31)39-21-23-9-8-12-25(33)17-23)20-34-36-32(37)27-19-29(24-10-4-3-5-11-24)35-28-14-7-6-13-26(27)28/h3-20H,2,21H2,1H3,(H,36,37)/b34-20-. The van der Waals surface area contributed by atoms with Crippen LogP contribution in [0.1, 0.15) is 28.4 Å². The molecular weight excluding hydrogens is 510 g/mol. The molecule has 0 fully saturated rings. The first-order chi connectivity index (χ1) is 19.1. The molecule has 0 atom stereocenters. The van der Waals surface area contributed by atoms with Crippen LogP contribution in [0.15, 0.2) is 108 Å². The lowest BCUT2D eigenvalue weighted by atomic mass is 10.0. The number of fused-ring (bicyclic) bond motifs is 1. The Hall–Kier alpha value is -4.68. The van der Waals surface area contributed by atoms with E-state index >= 15 is 0 Å². The van der Waals surface area contributed by atoms with Gasteiger partial charge in [-0.1, -0.05) is 72.3 Å². The van der Waals surface area contributed by atoms with Crippen molar-refractivity contribution in [1.29, 1.82) is 0 Å². The molecule has 5 aromatic rings. The van der Waals surface area contributed by atoms with Crippen LogP contribution < -0.4 is 14.9 Å². The van der Waals surface area contributed by atoms with Crippen LogP contribution >= 0.6 is 11.6 Å². The zero-order chi connectivity index (χ0) is 27.0. The largest absolute Gasteiger partial charge is 0.490 e. The number of carbonyl (C=O) groups excluding carboxylic acids is 1. The molecule has 0 aliphatic rings. The fraction of sp³-hybridized carbons (Fsp3) is 0.0938. The number of hydrazone groups is 1. The second-order valence-corrected chi connectivity index (χ2v) is 9.13. The minimum absolute atomic E-state index is 0.325. The number of pyridine rings is 1. The van der Waals surface area contributed by atoms with E-state index in [0.29, 0.717) is 35.3 Å². The van der Waals surface area contributed by atoms with Crippen molar-refractivity contribution < 1.29 is 14.3 Å². The first kappa shape index (κ1) is 25.9. The smallest absolute Gasteiger partial charge is 0.272 e. The SMILES string of the molecule is CCOc1cc(/C=N\NC(=O)c2cc(-c3ccccc3)nc3ccccc23)ccc1OCc1cccc(Cl)c1. The van der Waals surface area contributed by atoms with E-state index in [4.69, 9.17) is 26.1 Å². The number of hydrogen-bond acceptors (Lipinski definition) is 5. The number of carbonyl (C=O) groups is 1. The van der Waals surface area contributed by atoms with Crippen molar-refractivity contribution >= 4 is 34.6 Å². The summed E-state index contributed by atoms with van der Waals surface area (Å²) >= 11 is 6.07. The highest BCUT2D eigenvalue weighted by molar-refractivity contribution is 6.30. The first-order valence-electron chi connectivity index (χ1n) is 12.5. The molecule has 0 spiro atoms. The van der Waals surface area contributed by atoms with E-state index in [1.807, 2.05) is 104 Å². The van der Waals surface area contributed by atoms with Gasteiger partial charge in [-0.15, -0.1) is 0 Å². The highest BCUT2D eigenvalue weighted by Gasteiger charge is 2.14. The minimum Gasteiger partial charge on any atom is -0.490 e. The van der Waals surface area contributed by atoms with E-state index in [0.717, 1.165) is 33.3 Å². The second kappa shape index (κ2) is 12.2. The number of amides is 1. The van der Waals surface area contributed by atoms with Crippen LogP contribution in [-0.2, 0) is 6.61 Å². The van der Waals surface area contributed by atoms with Crippen LogP contribution in [0.4, 0.5) is 0 Å². The third-order valence-corrected chi connectivity index (χ3v) is 6.20. The van der Waals surface area contributed by atoms with Crippen LogP contribution in [0.3, 0.4) is 0 Å². The topological polar surface area (TPSA) is 72.8 Å². The molecule has 194 valence electrons. The van der Waals surface area contributed by atoms with Gasteiger partial charge in [0.25, 0.3) is 5.91 Å². The van der Waals surface area contributed by atoms with Crippen molar-refractivity contribution in [2.75, 3.05) is 6.61 Å². The Kier molecular flexibility index (Phi) is 8.15. The maximum absolute atomic E-state index is 13.2. The van der Waals surface area contributed by atoms with Crippen molar-refractivity contribution in [1.82, 2.24) is 10.4 Å². The van der Waals surface area contributed by atoms with Crippen LogP contribution in [0.2, 0.25) is 5.02 Å². The van der Waals surface area contributed by atoms with Gasteiger partial charge in [-0.3, -0.25) is 4.79 Å². The lowest BCUT2D eigenvalue weighted by Crippen LogP contribution is -2.18. The van der Waals surface area contributed by atoms with E-state index in [-0.39, 0.29) is 5.91 Å². The molecule has 0 aliphatic heterocycles. The fourth-order valence-corrected chi connectivity index (χ4v) is 4.34. The Bertz CT molecular complexity index is 1640. The van der Waals surface area contributed by atoms with Crippen molar-refractivity contribution in [2.24, 2.45) is 5.10 Å². The van der Waals surface area contributed by atoms with Gasteiger partial charge >= 0.3 is 0 Å². The Morgan fingerprint density at radius 1 is 0.897 bits per heavy atom. The minimum atomic E-state index is -0.325. The van der Waals surface area contributed by atoms with Crippen molar-refractivity contribution in [3.05, 3.63) is 125 Å². The molecular formula is C32H26ClN3O3. The lowest BCUT2D eigenvalue weighted by molar-refractivity contribution is 0.0956. The zero-order valence-corrected chi connectivity index (χ0v) is 22.1. The average Bonchev–Trinajstić information content (AvgIpc) is 2.97. The van der Waals surface area contributed by atoms with Gasteiger partial charge in [-0.05, 0) is 60.5 Å². The molecule has 5 rings (SSSR count). The molecule has 4 aromatic carbocycles. The maximum Gasteiger partial charge on any atom is 0.272 e. The third-order valence-electron chi connectivity index (χ3n) is 5.96. The maximum atomic E-state index is 13.2. The monoisotopic (exact) mass is 535 g/mol. The number of ether oxygens (including phenoxy) is 2. The molecule has 6 nitrogen and oxygen atoms in total. The van der Waals surface area contributed by atoms with Gasteiger partial charge < -0.3 is 9.47 Å². The first-order valence-corrected chi connectivity index (χ1v) is 12.9. The van der Waals surface area contributed by atoms with Crippen LogP contribution in [0, 0.1) is 0 Å². The number of aromatic nitrogens is 1. The average molecular weight is 536 g/mol. The van der Waals surface area contributed by atoms with Crippen LogP contribution in [0.25, 0.3) is 22.2 Å².